The fraction of sp³-hybridized carbons (Fsp3) is 0.292. The van der Waals surface area contributed by atoms with E-state index in [2.05, 4.69) is 4.72 Å². The Bertz CT molecular complexity index is 1190. The Hall–Kier alpha value is -2.90. The number of nitrogens with one attached hydrogen (secondary N) is 1. The van der Waals surface area contributed by atoms with Crippen molar-refractivity contribution >= 4 is 38.1 Å². The number of rotatable bonds is 6. The van der Waals surface area contributed by atoms with E-state index in [-0.39, 0.29) is 23.3 Å². The van der Waals surface area contributed by atoms with E-state index in [0.717, 1.165) is 23.2 Å². The molecule has 162 valence electrons. The van der Waals surface area contributed by atoms with Crippen LogP contribution in [0.3, 0.4) is 0 Å². The first-order valence-electron chi connectivity index (χ1n) is 10.4. The predicted molar refractivity (Wildman–Crippen MR) is 125 cm³/mol. The predicted octanol–water partition coefficient (Wildman–Crippen LogP) is 3.63. The second kappa shape index (κ2) is 8.69. The zero-order chi connectivity index (χ0) is 22.0. The number of hydrogen-bond acceptors (Lipinski definition) is 4. The molecule has 0 bridgehead atoms. The minimum absolute atomic E-state index is 0.0343. The van der Waals surface area contributed by atoms with Gasteiger partial charge in [0, 0.05) is 49.3 Å². The van der Waals surface area contributed by atoms with Crippen LogP contribution in [0.2, 0.25) is 0 Å². The van der Waals surface area contributed by atoms with Crippen LogP contribution in [0, 0.1) is 5.92 Å². The minimum atomic E-state index is -3.77. The molecule has 1 aliphatic rings. The number of sulfonamides is 1. The Labute approximate surface area is 183 Å². The van der Waals surface area contributed by atoms with E-state index in [1.807, 2.05) is 73.6 Å². The Morgan fingerprint density at radius 2 is 1.68 bits per heavy atom. The quantitative estimate of drug-likeness (QED) is 0.639. The molecule has 1 aliphatic heterocycles. The number of para-hydroxylation sites is 1. The zero-order valence-electron chi connectivity index (χ0n) is 17.8. The largest absolute Gasteiger partial charge is 0.377 e. The molecule has 0 saturated carbocycles. The van der Waals surface area contributed by atoms with Gasteiger partial charge in [0.25, 0.3) is 0 Å². The fourth-order valence-corrected chi connectivity index (χ4v) is 5.48. The molecule has 1 heterocycles. The van der Waals surface area contributed by atoms with E-state index in [0.29, 0.717) is 18.4 Å². The highest BCUT2D eigenvalue weighted by Gasteiger charge is 2.31. The van der Waals surface area contributed by atoms with Gasteiger partial charge in [0.05, 0.1) is 10.8 Å². The summed E-state index contributed by atoms with van der Waals surface area (Å²) >= 11 is 0. The molecule has 1 fully saturated rings. The van der Waals surface area contributed by atoms with Gasteiger partial charge in [-0.25, -0.2) is 13.1 Å². The van der Waals surface area contributed by atoms with Gasteiger partial charge < -0.3 is 9.80 Å². The van der Waals surface area contributed by atoms with E-state index in [9.17, 15) is 13.2 Å². The third kappa shape index (κ3) is 4.29. The summed E-state index contributed by atoms with van der Waals surface area (Å²) in [6.45, 7) is 0.747. The molecule has 31 heavy (non-hydrogen) atoms. The monoisotopic (exact) mass is 437 g/mol. The van der Waals surface area contributed by atoms with Gasteiger partial charge in [0.1, 0.15) is 0 Å². The molecule has 0 spiro atoms. The number of carbonyl (C=O) groups is 1. The van der Waals surface area contributed by atoms with Crippen LogP contribution >= 0.6 is 0 Å². The number of carbonyl (C=O) groups excluding carboxylic acids is 1. The lowest BCUT2D eigenvalue weighted by atomic mass is 9.97. The second-order valence-electron chi connectivity index (χ2n) is 8.04. The van der Waals surface area contributed by atoms with Crippen molar-refractivity contribution in [3.63, 3.8) is 0 Å². The molecule has 0 aliphatic carbocycles. The lowest BCUT2D eigenvalue weighted by Gasteiger charge is -2.32. The average Bonchev–Trinajstić information content (AvgIpc) is 2.78. The van der Waals surface area contributed by atoms with Crippen LogP contribution in [0.15, 0.2) is 71.6 Å². The molecular formula is C24H27N3O3S. The van der Waals surface area contributed by atoms with Gasteiger partial charge in [-0.15, -0.1) is 0 Å². The smallest absolute Gasteiger partial charge is 0.241 e. The van der Waals surface area contributed by atoms with Crippen molar-refractivity contribution in [2.24, 2.45) is 5.92 Å². The third-order valence-corrected chi connectivity index (χ3v) is 7.25. The maximum absolute atomic E-state index is 13.2. The molecular weight excluding hydrogens is 410 g/mol. The number of nitrogens with zero attached hydrogens (tertiary/aromatic N) is 2. The van der Waals surface area contributed by atoms with Gasteiger partial charge in [-0.3, -0.25) is 4.79 Å². The van der Waals surface area contributed by atoms with Crippen LogP contribution in [-0.2, 0) is 14.8 Å². The van der Waals surface area contributed by atoms with Gasteiger partial charge in [-0.1, -0.05) is 42.5 Å². The van der Waals surface area contributed by atoms with Crippen molar-refractivity contribution in [3.8, 4) is 0 Å². The van der Waals surface area contributed by atoms with Crippen molar-refractivity contribution in [1.29, 1.82) is 0 Å². The van der Waals surface area contributed by atoms with Crippen LogP contribution in [0.1, 0.15) is 12.8 Å². The summed E-state index contributed by atoms with van der Waals surface area (Å²) in [4.78, 5) is 16.9. The second-order valence-corrected chi connectivity index (χ2v) is 9.77. The molecule has 3 aromatic carbocycles. The van der Waals surface area contributed by atoms with Crippen LogP contribution in [-0.4, -0.2) is 41.5 Å². The fourth-order valence-electron chi connectivity index (χ4n) is 4.18. The normalized spacial score (nSPS) is 17.2. The van der Waals surface area contributed by atoms with Crippen molar-refractivity contribution < 1.29 is 13.2 Å². The van der Waals surface area contributed by atoms with Crippen molar-refractivity contribution in [3.05, 3.63) is 66.7 Å². The number of amides is 1. The van der Waals surface area contributed by atoms with Crippen LogP contribution in [0.5, 0.6) is 0 Å². The van der Waals surface area contributed by atoms with Crippen LogP contribution < -0.4 is 14.5 Å². The third-order valence-electron chi connectivity index (χ3n) is 5.77. The highest BCUT2D eigenvalue weighted by atomic mass is 32.2. The van der Waals surface area contributed by atoms with Crippen molar-refractivity contribution in [2.75, 3.05) is 37.0 Å². The van der Waals surface area contributed by atoms with Gasteiger partial charge in [0.2, 0.25) is 15.9 Å². The molecule has 7 heteroatoms. The highest BCUT2D eigenvalue weighted by molar-refractivity contribution is 7.89. The number of fused-ring (bicyclic) bond motifs is 1. The topological polar surface area (TPSA) is 69.7 Å². The number of anilines is 2. The van der Waals surface area contributed by atoms with Gasteiger partial charge >= 0.3 is 0 Å². The molecule has 1 amide bonds. The average molecular weight is 438 g/mol. The molecule has 1 atom stereocenters. The summed E-state index contributed by atoms with van der Waals surface area (Å²) in [5.74, 6) is -0.413. The number of hydrogen-bond donors (Lipinski definition) is 1. The van der Waals surface area contributed by atoms with Crippen molar-refractivity contribution in [1.82, 2.24) is 4.72 Å². The van der Waals surface area contributed by atoms with Gasteiger partial charge in [-0.05, 0) is 37.1 Å². The maximum atomic E-state index is 13.2. The molecule has 4 rings (SSSR count). The van der Waals surface area contributed by atoms with E-state index in [1.54, 1.807) is 17.0 Å². The molecule has 3 aromatic rings. The molecule has 6 nitrogen and oxygen atoms in total. The van der Waals surface area contributed by atoms with Crippen LogP contribution in [0.25, 0.3) is 10.8 Å². The lowest BCUT2D eigenvalue weighted by Crippen LogP contribution is -2.45. The lowest BCUT2D eigenvalue weighted by molar-refractivity contribution is -0.123. The van der Waals surface area contributed by atoms with E-state index in [1.165, 1.54) is 0 Å². The van der Waals surface area contributed by atoms with Gasteiger partial charge in [0.15, 0.2) is 0 Å². The maximum Gasteiger partial charge on any atom is 0.241 e. The van der Waals surface area contributed by atoms with E-state index < -0.39 is 10.0 Å². The number of benzene rings is 3. The standard InChI is InChI=1S/C24H27N3O3S/c1-26(2)22-14-6-13-21-20(22)12-7-15-23(21)31(29,30)25-17-18-9-8-16-27(24(18)28)19-10-4-3-5-11-19/h3-7,10-15,18,25H,8-9,16-17H2,1-2H3. The molecule has 1 N–H and O–H groups in total. The first-order chi connectivity index (χ1) is 14.9. The summed E-state index contributed by atoms with van der Waals surface area (Å²) in [5, 5.41) is 1.54. The Morgan fingerprint density at radius 3 is 2.42 bits per heavy atom. The molecule has 0 radical (unpaired) electrons. The summed E-state index contributed by atoms with van der Waals surface area (Å²) in [7, 11) is 0.0903. The molecule has 1 saturated heterocycles. The zero-order valence-corrected chi connectivity index (χ0v) is 18.6. The summed E-state index contributed by atoms with van der Waals surface area (Å²) in [6.07, 6.45) is 1.51. The Morgan fingerprint density at radius 1 is 0.968 bits per heavy atom. The van der Waals surface area contributed by atoms with E-state index >= 15 is 0 Å². The summed E-state index contributed by atoms with van der Waals surface area (Å²) in [6, 6.07) is 20.5. The Kier molecular flexibility index (Phi) is 5.98. The first-order valence-corrected chi connectivity index (χ1v) is 11.9. The highest BCUT2D eigenvalue weighted by Crippen LogP contribution is 2.30. The van der Waals surface area contributed by atoms with Crippen molar-refractivity contribution in [2.45, 2.75) is 17.7 Å². The SMILES string of the molecule is CN(C)c1cccc2c(S(=O)(=O)NCC3CCCN(c4ccccc4)C3=O)cccc12. The Balaban J connectivity index is 1.56. The molecule has 1 unspecified atom stereocenters. The molecule has 0 aromatic heterocycles. The summed E-state index contributed by atoms with van der Waals surface area (Å²) in [5.41, 5.74) is 1.81. The van der Waals surface area contributed by atoms with E-state index in [4.69, 9.17) is 0 Å². The summed E-state index contributed by atoms with van der Waals surface area (Å²) < 4.78 is 29.1. The first kappa shape index (κ1) is 21.3. The number of piperidine rings is 1. The van der Waals surface area contributed by atoms with Crippen LogP contribution in [0.4, 0.5) is 11.4 Å². The minimum Gasteiger partial charge on any atom is -0.377 e. The van der Waals surface area contributed by atoms with Gasteiger partial charge in [-0.2, -0.15) is 0 Å².